The smallest absolute Gasteiger partial charge is 0.184 e. The highest BCUT2D eigenvalue weighted by molar-refractivity contribution is 6.18. The van der Waals surface area contributed by atoms with E-state index in [2.05, 4.69) is 4.74 Å². The lowest BCUT2D eigenvalue weighted by Gasteiger charge is -2.37. The summed E-state index contributed by atoms with van der Waals surface area (Å²) in [5, 5.41) is 52.5. The first-order valence-corrected chi connectivity index (χ1v) is 5.36. The van der Waals surface area contributed by atoms with Gasteiger partial charge in [-0.05, 0) is 6.08 Å². The third kappa shape index (κ3) is 5.17. The van der Waals surface area contributed by atoms with E-state index in [1.54, 1.807) is 0 Å². The Hall–Kier alpha value is -0.410. The first kappa shape index (κ1) is 16.6. The van der Waals surface area contributed by atoms with E-state index in [0.717, 1.165) is 6.26 Å². The van der Waals surface area contributed by atoms with Gasteiger partial charge in [-0.25, -0.2) is 0 Å². The fourth-order valence-electron chi connectivity index (χ4n) is 1.12. The van der Waals surface area contributed by atoms with Gasteiger partial charge in [0.05, 0.1) is 12.9 Å². The highest BCUT2D eigenvalue weighted by Crippen LogP contribution is 2.18. The van der Waals surface area contributed by atoms with E-state index in [0.29, 0.717) is 5.88 Å². The van der Waals surface area contributed by atoms with Crippen LogP contribution in [0.2, 0.25) is 0 Å². The predicted octanol–water partition coefficient (Wildman–Crippen LogP) is -1.92. The maximum absolute atomic E-state index is 9.12. The topological polar surface area (TPSA) is 131 Å². The second kappa shape index (κ2) is 8.65. The maximum atomic E-state index is 9.12. The molecule has 6 N–H and O–H groups in total. The van der Waals surface area contributed by atoms with Crippen molar-refractivity contribution in [2.75, 3.05) is 12.5 Å². The van der Waals surface area contributed by atoms with Gasteiger partial charge in [-0.3, -0.25) is 0 Å². The molecule has 1 saturated heterocycles. The van der Waals surface area contributed by atoms with Crippen molar-refractivity contribution in [3.05, 3.63) is 12.3 Å². The van der Waals surface area contributed by atoms with Crippen LogP contribution in [0.1, 0.15) is 0 Å². The highest BCUT2D eigenvalue weighted by Gasteiger charge is 2.42. The van der Waals surface area contributed by atoms with Crippen molar-refractivity contribution in [1.82, 2.24) is 0 Å². The zero-order valence-corrected chi connectivity index (χ0v) is 9.68. The van der Waals surface area contributed by atoms with E-state index in [9.17, 15) is 0 Å². The number of rotatable bonds is 2. The van der Waals surface area contributed by atoms with Crippen LogP contribution in [-0.4, -0.2) is 73.8 Å². The van der Waals surface area contributed by atoms with Gasteiger partial charge in [0.15, 0.2) is 6.29 Å². The second-order valence-corrected chi connectivity index (χ2v) is 3.57. The largest absolute Gasteiger partial charge is 0.516 e. The number of allylic oxidation sites excluding steroid dienone is 1. The van der Waals surface area contributed by atoms with Crippen LogP contribution in [0.25, 0.3) is 0 Å². The summed E-state index contributed by atoms with van der Waals surface area (Å²) in [6, 6.07) is 0. The first-order valence-electron chi connectivity index (χ1n) is 4.83. The summed E-state index contributed by atoms with van der Waals surface area (Å²) in [6.07, 6.45) is -4.67. The average Bonchev–Trinajstić information content (AvgIpc) is 2.33. The SMILES string of the molecule is OC=CCCl.OCC1OC(O)C(O)C(O)C1O. The first-order chi connectivity index (χ1) is 7.99. The molecule has 0 bridgehead atoms. The van der Waals surface area contributed by atoms with Crippen LogP contribution in [0, 0.1) is 0 Å². The molecule has 0 amide bonds. The van der Waals surface area contributed by atoms with Gasteiger partial charge in [0, 0.05) is 5.88 Å². The van der Waals surface area contributed by atoms with Crippen molar-refractivity contribution in [3.63, 3.8) is 0 Å². The molecule has 1 fully saturated rings. The van der Waals surface area contributed by atoms with Crippen molar-refractivity contribution < 1.29 is 35.4 Å². The summed E-state index contributed by atoms with van der Waals surface area (Å²) in [5.41, 5.74) is 0. The number of hydrogen-bond acceptors (Lipinski definition) is 7. The van der Waals surface area contributed by atoms with Crippen LogP contribution in [0.3, 0.4) is 0 Å². The molecule has 1 aliphatic heterocycles. The Bertz CT molecular complexity index is 221. The molecular formula is C9H17ClO7. The van der Waals surface area contributed by atoms with Crippen molar-refractivity contribution >= 4 is 11.6 Å². The maximum Gasteiger partial charge on any atom is 0.184 e. The number of alkyl halides is 1. The van der Waals surface area contributed by atoms with E-state index in [-0.39, 0.29) is 0 Å². The molecule has 1 heterocycles. The Kier molecular flexibility index (Phi) is 8.44. The van der Waals surface area contributed by atoms with Gasteiger partial charge in [-0.2, -0.15) is 0 Å². The molecule has 0 spiro atoms. The van der Waals surface area contributed by atoms with Gasteiger partial charge < -0.3 is 35.4 Å². The van der Waals surface area contributed by atoms with E-state index in [4.69, 9.17) is 42.2 Å². The highest BCUT2D eigenvalue weighted by atomic mass is 35.5. The minimum Gasteiger partial charge on any atom is -0.516 e. The molecule has 7 nitrogen and oxygen atoms in total. The molecule has 17 heavy (non-hydrogen) atoms. The monoisotopic (exact) mass is 272 g/mol. The minimum atomic E-state index is -1.57. The van der Waals surface area contributed by atoms with E-state index < -0.39 is 37.3 Å². The van der Waals surface area contributed by atoms with Crippen molar-refractivity contribution in [2.24, 2.45) is 0 Å². The number of aliphatic hydroxyl groups excluding tert-OH is 6. The van der Waals surface area contributed by atoms with Crippen LogP contribution < -0.4 is 0 Å². The summed E-state index contributed by atoms with van der Waals surface area (Å²) in [5.74, 6) is 0.385. The molecule has 102 valence electrons. The number of hydrogen-bond donors (Lipinski definition) is 6. The average molecular weight is 273 g/mol. The fraction of sp³-hybridized carbons (Fsp3) is 0.778. The molecule has 0 radical (unpaired) electrons. The third-order valence-electron chi connectivity index (χ3n) is 2.06. The summed E-state index contributed by atoms with van der Waals surface area (Å²) in [7, 11) is 0. The summed E-state index contributed by atoms with van der Waals surface area (Å²) in [4.78, 5) is 0. The van der Waals surface area contributed by atoms with Crippen molar-refractivity contribution in [1.29, 1.82) is 0 Å². The Labute approximate surface area is 103 Å². The molecule has 5 unspecified atom stereocenters. The lowest BCUT2D eigenvalue weighted by atomic mass is 10.00. The Morgan fingerprint density at radius 2 is 1.65 bits per heavy atom. The molecule has 1 rings (SSSR count). The van der Waals surface area contributed by atoms with Gasteiger partial charge >= 0.3 is 0 Å². The zero-order chi connectivity index (χ0) is 13.4. The standard InChI is InChI=1S/C6H12O6.C3H5ClO/c7-1-2-3(8)4(9)5(10)6(11)12-2;4-2-1-3-5/h2-11H,1H2;1,3,5H,2H2. The van der Waals surface area contributed by atoms with E-state index in [1.807, 2.05) is 0 Å². The molecule has 8 heteroatoms. The lowest BCUT2D eigenvalue weighted by Crippen LogP contribution is -2.58. The van der Waals surface area contributed by atoms with E-state index >= 15 is 0 Å². The molecule has 1 aliphatic rings. The summed E-state index contributed by atoms with van der Waals surface area (Å²) >= 11 is 5.05. The van der Waals surface area contributed by atoms with Crippen molar-refractivity contribution in [2.45, 2.75) is 30.7 Å². The molecule has 0 aliphatic carbocycles. The third-order valence-corrected chi connectivity index (χ3v) is 2.24. The number of halogens is 1. The second-order valence-electron chi connectivity index (χ2n) is 3.26. The van der Waals surface area contributed by atoms with Crippen LogP contribution in [0.5, 0.6) is 0 Å². The van der Waals surface area contributed by atoms with Crippen LogP contribution in [0.15, 0.2) is 12.3 Å². The summed E-state index contributed by atoms with van der Waals surface area (Å²) < 4.78 is 4.58. The minimum absolute atomic E-state index is 0.385. The molecule has 0 saturated carbocycles. The van der Waals surface area contributed by atoms with Gasteiger partial charge in [-0.15, -0.1) is 11.6 Å². The molecule has 0 aromatic carbocycles. The quantitative estimate of drug-likeness (QED) is 0.255. The van der Waals surface area contributed by atoms with Crippen LogP contribution in [-0.2, 0) is 4.74 Å². The number of ether oxygens (including phenoxy) is 1. The Morgan fingerprint density at radius 1 is 1.06 bits per heavy atom. The fourth-order valence-corrected chi connectivity index (χ4v) is 1.20. The Balaban J connectivity index is 0.000000437. The van der Waals surface area contributed by atoms with E-state index in [1.165, 1.54) is 6.08 Å². The van der Waals surface area contributed by atoms with Crippen molar-refractivity contribution in [3.8, 4) is 0 Å². The zero-order valence-electron chi connectivity index (χ0n) is 8.93. The molecular weight excluding hydrogens is 256 g/mol. The van der Waals surface area contributed by atoms with Gasteiger partial charge in [0.1, 0.15) is 24.4 Å². The van der Waals surface area contributed by atoms with Gasteiger partial charge in [-0.1, -0.05) is 0 Å². The van der Waals surface area contributed by atoms with Gasteiger partial charge in [0.25, 0.3) is 0 Å². The van der Waals surface area contributed by atoms with Gasteiger partial charge in [0.2, 0.25) is 0 Å². The lowest BCUT2D eigenvalue weighted by molar-refractivity contribution is -0.286. The normalized spacial score (nSPS) is 37.6. The summed E-state index contributed by atoms with van der Waals surface area (Å²) in [6.45, 7) is -0.526. The van der Waals surface area contributed by atoms with Crippen LogP contribution in [0.4, 0.5) is 0 Å². The number of aliphatic hydroxyl groups is 6. The molecule has 0 aromatic rings. The Morgan fingerprint density at radius 3 is 2.00 bits per heavy atom. The molecule has 0 aromatic heterocycles. The van der Waals surface area contributed by atoms with Crippen LogP contribution >= 0.6 is 11.6 Å². The predicted molar refractivity (Wildman–Crippen MR) is 58.5 cm³/mol. The molecule has 5 atom stereocenters.